The number of hydrogen-bond donors (Lipinski definition) is 2. The number of hydrogen-bond acceptors (Lipinski definition) is 3. The van der Waals surface area contributed by atoms with Crippen LogP contribution in [0, 0.1) is 11.7 Å². The quantitative estimate of drug-likeness (QED) is 0.839. The zero-order chi connectivity index (χ0) is 12.3. The number of piperidine rings is 1. The third-order valence-corrected chi connectivity index (χ3v) is 3.42. The fourth-order valence-corrected chi connectivity index (χ4v) is 2.31. The summed E-state index contributed by atoms with van der Waals surface area (Å²) in [6, 6.07) is 4.98. The largest absolute Gasteiger partial charge is 0.396 e. The van der Waals surface area contributed by atoms with E-state index in [1.54, 1.807) is 6.07 Å². The molecule has 0 bridgehead atoms. The Morgan fingerprint density at radius 2 is 2.00 bits per heavy atom. The van der Waals surface area contributed by atoms with Gasteiger partial charge in [-0.15, -0.1) is 0 Å². The lowest BCUT2D eigenvalue weighted by Crippen LogP contribution is -2.34. The molecule has 1 fully saturated rings. The van der Waals surface area contributed by atoms with Gasteiger partial charge in [-0.25, -0.2) is 4.39 Å². The van der Waals surface area contributed by atoms with E-state index in [-0.39, 0.29) is 12.4 Å². The summed E-state index contributed by atoms with van der Waals surface area (Å²) in [7, 11) is 0. The average Bonchev–Trinajstić information content (AvgIpc) is 2.38. The highest BCUT2D eigenvalue weighted by Gasteiger charge is 2.19. The Morgan fingerprint density at radius 1 is 1.29 bits per heavy atom. The summed E-state index contributed by atoms with van der Waals surface area (Å²) in [6.45, 7) is 2.36. The number of aliphatic hydroxyl groups is 1. The Hall–Kier alpha value is -1.13. The van der Waals surface area contributed by atoms with E-state index in [0.717, 1.165) is 37.2 Å². The predicted molar refractivity (Wildman–Crippen MR) is 66.3 cm³/mol. The Kier molecular flexibility index (Phi) is 3.97. The molecule has 0 aromatic heterocycles. The first-order valence-electron chi connectivity index (χ1n) is 6.08. The second-order valence-corrected chi connectivity index (χ2v) is 4.63. The third-order valence-electron chi connectivity index (χ3n) is 3.42. The highest BCUT2D eigenvalue weighted by molar-refractivity contribution is 5.49. The van der Waals surface area contributed by atoms with Crippen molar-refractivity contribution in [2.45, 2.75) is 19.4 Å². The van der Waals surface area contributed by atoms with E-state index in [1.165, 1.54) is 6.07 Å². The lowest BCUT2D eigenvalue weighted by Gasteiger charge is -2.33. The second-order valence-electron chi connectivity index (χ2n) is 4.63. The summed E-state index contributed by atoms with van der Waals surface area (Å²) in [4.78, 5) is 2.16. The Bertz CT molecular complexity index is 376. The van der Waals surface area contributed by atoms with Crippen molar-refractivity contribution in [3.05, 3.63) is 29.6 Å². The van der Waals surface area contributed by atoms with Crippen molar-refractivity contribution >= 4 is 5.69 Å². The van der Waals surface area contributed by atoms with Gasteiger partial charge in [0, 0.05) is 31.9 Å². The van der Waals surface area contributed by atoms with E-state index in [0.29, 0.717) is 12.5 Å². The van der Waals surface area contributed by atoms with Crippen LogP contribution in [0.4, 0.5) is 10.1 Å². The van der Waals surface area contributed by atoms with Gasteiger partial charge >= 0.3 is 0 Å². The molecule has 0 aliphatic carbocycles. The molecule has 0 amide bonds. The maximum Gasteiger partial charge on any atom is 0.125 e. The molecule has 1 saturated heterocycles. The van der Waals surface area contributed by atoms with Gasteiger partial charge in [-0.1, -0.05) is 0 Å². The Labute approximate surface area is 101 Å². The molecule has 3 N–H and O–H groups in total. The minimum atomic E-state index is -0.229. The van der Waals surface area contributed by atoms with E-state index in [2.05, 4.69) is 4.90 Å². The molecular formula is C13H19FN2O. The minimum absolute atomic E-state index is 0.229. The number of benzene rings is 1. The number of halogens is 1. The molecule has 1 aliphatic heterocycles. The number of anilines is 1. The predicted octanol–water partition coefficient (Wildman–Crippen LogP) is 1.49. The van der Waals surface area contributed by atoms with Crippen LogP contribution in [-0.4, -0.2) is 24.8 Å². The number of nitrogens with zero attached hydrogens (tertiary/aromatic N) is 1. The van der Waals surface area contributed by atoms with Gasteiger partial charge in [0.15, 0.2) is 0 Å². The summed E-state index contributed by atoms with van der Waals surface area (Å²) in [5.74, 6) is 0.168. The topological polar surface area (TPSA) is 49.5 Å². The lowest BCUT2D eigenvalue weighted by atomic mass is 9.97. The summed E-state index contributed by atoms with van der Waals surface area (Å²) >= 11 is 0. The summed E-state index contributed by atoms with van der Waals surface area (Å²) in [5.41, 5.74) is 7.27. The first-order chi connectivity index (χ1) is 8.22. The maximum atomic E-state index is 13.4. The van der Waals surface area contributed by atoms with Crippen LogP contribution >= 0.6 is 0 Å². The fraction of sp³-hybridized carbons (Fsp3) is 0.538. The number of aliphatic hydroxyl groups excluding tert-OH is 1. The highest BCUT2D eigenvalue weighted by Crippen LogP contribution is 2.24. The summed E-state index contributed by atoms with van der Waals surface area (Å²) in [6.07, 6.45) is 1.93. The van der Waals surface area contributed by atoms with Gasteiger partial charge in [-0.3, -0.25) is 0 Å². The molecule has 1 aromatic carbocycles. The molecule has 0 atom stereocenters. The average molecular weight is 238 g/mol. The first-order valence-corrected chi connectivity index (χ1v) is 6.08. The number of nitrogens with two attached hydrogens (primary N) is 1. The monoisotopic (exact) mass is 238 g/mol. The fourth-order valence-electron chi connectivity index (χ4n) is 2.31. The molecular weight excluding hydrogens is 219 g/mol. The van der Waals surface area contributed by atoms with Gasteiger partial charge in [0.1, 0.15) is 5.82 Å². The molecule has 1 heterocycles. The molecule has 3 nitrogen and oxygen atoms in total. The lowest BCUT2D eigenvalue weighted by molar-refractivity contribution is 0.203. The van der Waals surface area contributed by atoms with Crippen molar-refractivity contribution in [3.8, 4) is 0 Å². The SMILES string of the molecule is NCc1cc(F)cc(N2CCC(CO)CC2)c1. The third kappa shape index (κ3) is 2.96. The number of rotatable bonds is 3. The Morgan fingerprint density at radius 3 is 2.59 bits per heavy atom. The van der Waals surface area contributed by atoms with Gasteiger partial charge in [0.2, 0.25) is 0 Å². The van der Waals surface area contributed by atoms with Crippen LogP contribution in [0.25, 0.3) is 0 Å². The molecule has 1 aromatic rings. The normalized spacial score (nSPS) is 17.5. The van der Waals surface area contributed by atoms with E-state index in [1.807, 2.05) is 6.07 Å². The molecule has 0 saturated carbocycles. The van der Waals surface area contributed by atoms with Gasteiger partial charge in [-0.05, 0) is 42.5 Å². The van der Waals surface area contributed by atoms with E-state index < -0.39 is 0 Å². The van der Waals surface area contributed by atoms with Crippen LogP contribution in [0.5, 0.6) is 0 Å². The second kappa shape index (κ2) is 5.47. The van der Waals surface area contributed by atoms with Crippen LogP contribution in [0.3, 0.4) is 0 Å². The Balaban J connectivity index is 2.10. The van der Waals surface area contributed by atoms with Crippen LogP contribution in [-0.2, 0) is 6.54 Å². The first kappa shape index (κ1) is 12.3. The molecule has 1 aliphatic rings. The van der Waals surface area contributed by atoms with E-state index in [4.69, 9.17) is 10.8 Å². The molecule has 0 spiro atoms. The van der Waals surface area contributed by atoms with Gasteiger partial charge in [-0.2, -0.15) is 0 Å². The van der Waals surface area contributed by atoms with Crippen LogP contribution in [0.15, 0.2) is 18.2 Å². The molecule has 0 unspecified atom stereocenters. The van der Waals surface area contributed by atoms with Crippen LogP contribution in [0.1, 0.15) is 18.4 Å². The van der Waals surface area contributed by atoms with Crippen LogP contribution < -0.4 is 10.6 Å². The zero-order valence-electron chi connectivity index (χ0n) is 9.90. The van der Waals surface area contributed by atoms with E-state index in [9.17, 15) is 4.39 Å². The van der Waals surface area contributed by atoms with E-state index >= 15 is 0 Å². The van der Waals surface area contributed by atoms with Gasteiger partial charge in [0.05, 0.1) is 0 Å². The zero-order valence-corrected chi connectivity index (χ0v) is 9.90. The van der Waals surface area contributed by atoms with Crippen molar-refractivity contribution in [1.82, 2.24) is 0 Å². The summed E-state index contributed by atoms with van der Waals surface area (Å²) < 4.78 is 13.4. The molecule has 94 valence electrons. The maximum absolute atomic E-state index is 13.4. The highest BCUT2D eigenvalue weighted by atomic mass is 19.1. The van der Waals surface area contributed by atoms with Gasteiger partial charge in [0.25, 0.3) is 0 Å². The van der Waals surface area contributed by atoms with Crippen LogP contribution in [0.2, 0.25) is 0 Å². The van der Waals surface area contributed by atoms with Crippen molar-refractivity contribution in [2.24, 2.45) is 11.7 Å². The minimum Gasteiger partial charge on any atom is -0.396 e. The standard InChI is InChI=1S/C13H19FN2O/c14-12-5-11(8-15)6-13(7-12)16-3-1-10(9-17)2-4-16/h5-7,10,17H,1-4,8-9,15H2. The van der Waals surface area contributed by atoms with Crippen molar-refractivity contribution in [2.75, 3.05) is 24.6 Å². The van der Waals surface area contributed by atoms with Crippen molar-refractivity contribution in [1.29, 1.82) is 0 Å². The van der Waals surface area contributed by atoms with Crippen molar-refractivity contribution in [3.63, 3.8) is 0 Å². The molecule has 4 heteroatoms. The smallest absolute Gasteiger partial charge is 0.125 e. The molecule has 17 heavy (non-hydrogen) atoms. The molecule has 2 rings (SSSR count). The van der Waals surface area contributed by atoms with Gasteiger partial charge < -0.3 is 15.7 Å². The molecule has 0 radical (unpaired) electrons. The van der Waals surface area contributed by atoms with Crippen molar-refractivity contribution < 1.29 is 9.50 Å². The summed E-state index contributed by atoms with van der Waals surface area (Å²) in [5, 5.41) is 9.08.